The van der Waals surface area contributed by atoms with Crippen molar-refractivity contribution in [3.8, 4) is 0 Å². The molecule has 0 saturated carbocycles. The zero-order valence-electron chi connectivity index (χ0n) is 3.43. The first kappa shape index (κ1) is 15.7. The minimum absolute atomic E-state index is 0. The van der Waals surface area contributed by atoms with Gasteiger partial charge >= 0.3 is 51.4 Å². The van der Waals surface area contributed by atoms with E-state index in [2.05, 4.69) is 0 Å². The molecule has 0 radical (unpaired) electrons. The molecule has 0 aromatic rings. The van der Waals surface area contributed by atoms with Crippen LogP contribution < -0.4 is 51.4 Å². The summed E-state index contributed by atoms with van der Waals surface area (Å²) in [6.07, 6.45) is 0. The smallest absolute Gasteiger partial charge is 0.566 e. The van der Waals surface area contributed by atoms with Gasteiger partial charge in [-0.2, -0.15) is 6.92 Å². The molecule has 0 rings (SSSR count). The van der Waals surface area contributed by atoms with Gasteiger partial charge in [0.1, 0.15) is 0 Å². The van der Waals surface area contributed by atoms with Crippen molar-refractivity contribution in [2.75, 3.05) is 0 Å². The van der Waals surface area contributed by atoms with Crippen LogP contribution in [0.5, 0.6) is 0 Å². The van der Waals surface area contributed by atoms with E-state index in [0.29, 0.717) is 0 Å². The van der Waals surface area contributed by atoms with Gasteiger partial charge in [-0.1, -0.05) is 0 Å². The van der Waals surface area contributed by atoms with E-state index in [9.17, 15) is 0 Å². The minimum atomic E-state index is 0. The number of halogens is 1. The molecular formula is C2H6IKO. The molecule has 1 N–H and O–H groups in total. The Morgan fingerprint density at radius 2 is 1.60 bits per heavy atom. The van der Waals surface area contributed by atoms with Crippen molar-refractivity contribution in [2.24, 2.45) is 0 Å². The topological polar surface area (TPSA) is 20.2 Å². The molecule has 0 aliphatic heterocycles. The number of hydrogen-bond donors (Lipinski definition) is 1. The first-order valence-corrected chi connectivity index (χ1v) is 0.836. The summed E-state index contributed by atoms with van der Waals surface area (Å²) in [7, 11) is 0. The molecule has 0 amide bonds. The molecule has 0 unspecified atom stereocenters. The SMILES string of the molecule is C[CH-]O.I.[K+]. The van der Waals surface area contributed by atoms with E-state index in [0.717, 1.165) is 6.61 Å². The fourth-order valence-electron chi connectivity index (χ4n) is 0. The molecule has 0 aliphatic carbocycles. The van der Waals surface area contributed by atoms with E-state index < -0.39 is 0 Å². The van der Waals surface area contributed by atoms with Crippen LogP contribution in [0, 0.1) is 6.61 Å². The number of rotatable bonds is 0. The Morgan fingerprint density at radius 1 is 1.60 bits per heavy atom. The van der Waals surface area contributed by atoms with Gasteiger partial charge in [0, 0.05) is 0 Å². The fraction of sp³-hybridized carbons (Fsp3) is 0.500. The van der Waals surface area contributed by atoms with Gasteiger partial charge in [0.15, 0.2) is 0 Å². The fourth-order valence-corrected chi connectivity index (χ4v) is 0. The van der Waals surface area contributed by atoms with E-state index >= 15 is 0 Å². The van der Waals surface area contributed by atoms with Crippen LogP contribution in [0.4, 0.5) is 0 Å². The van der Waals surface area contributed by atoms with Crippen LogP contribution in [0.15, 0.2) is 0 Å². The van der Waals surface area contributed by atoms with E-state index in [1.54, 1.807) is 6.92 Å². The summed E-state index contributed by atoms with van der Waals surface area (Å²) in [5.41, 5.74) is 0. The predicted octanol–water partition coefficient (Wildman–Crippen LogP) is -1.84. The van der Waals surface area contributed by atoms with Crippen LogP contribution in [0.25, 0.3) is 0 Å². The maximum absolute atomic E-state index is 7.44. The molecule has 0 spiro atoms. The van der Waals surface area contributed by atoms with Crippen LogP contribution in [-0.4, -0.2) is 5.11 Å². The number of aliphatic hydroxyl groups is 1. The predicted molar refractivity (Wildman–Crippen MR) is 27.3 cm³/mol. The third-order valence-electron chi connectivity index (χ3n) is 0. The summed E-state index contributed by atoms with van der Waals surface area (Å²) in [6.45, 7) is 2.56. The molecule has 0 aliphatic rings. The Kier molecular flexibility index (Phi) is 50.8. The molecule has 0 bridgehead atoms. The minimum Gasteiger partial charge on any atom is -0.566 e. The van der Waals surface area contributed by atoms with Gasteiger partial charge in [-0.05, 0) is 0 Å². The average Bonchev–Trinajstić information content (AvgIpc) is 0.918. The molecule has 0 aromatic carbocycles. The summed E-state index contributed by atoms with van der Waals surface area (Å²) in [6, 6.07) is 0. The number of hydrogen-bond acceptors (Lipinski definition) is 1. The molecule has 5 heavy (non-hydrogen) atoms. The zero-order chi connectivity index (χ0) is 2.71. The van der Waals surface area contributed by atoms with Gasteiger partial charge in [-0.25, -0.2) is 6.61 Å². The van der Waals surface area contributed by atoms with Crippen molar-refractivity contribution < 1.29 is 56.5 Å². The van der Waals surface area contributed by atoms with E-state index in [-0.39, 0.29) is 75.4 Å². The Balaban J connectivity index is -0.0000000200. The molecule has 0 heterocycles. The summed E-state index contributed by atoms with van der Waals surface area (Å²) < 4.78 is 0. The molecule has 0 aromatic heterocycles. The van der Waals surface area contributed by atoms with Crippen molar-refractivity contribution in [1.29, 1.82) is 0 Å². The van der Waals surface area contributed by atoms with Crippen molar-refractivity contribution in [3.63, 3.8) is 0 Å². The van der Waals surface area contributed by atoms with Crippen molar-refractivity contribution in [1.82, 2.24) is 0 Å². The monoisotopic (exact) mass is 212 g/mol. The molecule has 3 heteroatoms. The molecule has 0 saturated heterocycles. The van der Waals surface area contributed by atoms with Crippen LogP contribution in [0.3, 0.4) is 0 Å². The van der Waals surface area contributed by atoms with Crippen molar-refractivity contribution >= 4 is 24.0 Å². The molecule has 0 fully saturated rings. The normalized spacial score (nSPS) is 3.60. The second-order valence-electron chi connectivity index (χ2n) is 0.258. The molecule has 0 atom stereocenters. The quantitative estimate of drug-likeness (QED) is 0.284. The average molecular weight is 212 g/mol. The summed E-state index contributed by atoms with van der Waals surface area (Å²) >= 11 is 0. The number of aliphatic hydroxyl groups excluding tert-OH is 1. The Bertz CT molecular complexity index is 9.61. The van der Waals surface area contributed by atoms with E-state index in [1.807, 2.05) is 0 Å². The van der Waals surface area contributed by atoms with Crippen LogP contribution in [-0.2, 0) is 0 Å². The maximum Gasteiger partial charge on any atom is 1.00 e. The van der Waals surface area contributed by atoms with Crippen LogP contribution in [0.2, 0.25) is 0 Å². The third-order valence-corrected chi connectivity index (χ3v) is 0. The third kappa shape index (κ3) is 21.9. The molecule has 1 nitrogen and oxygen atoms in total. The van der Waals surface area contributed by atoms with Crippen molar-refractivity contribution in [3.05, 3.63) is 6.61 Å². The van der Waals surface area contributed by atoms with Crippen LogP contribution in [0.1, 0.15) is 6.92 Å². The largest absolute Gasteiger partial charge is 1.00 e. The molecule has 28 valence electrons. The molecular weight excluding hydrogens is 206 g/mol. The second-order valence-corrected chi connectivity index (χ2v) is 0.258. The van der Waals surface area contributed by atoms with E-state index in [1.165, 1.54) is 0 Å². The van der Waals surface area contributed by atoms with Gasteiger partial charge < -0.3 is 5.11 Å². The first-order chi connectivity index (χ1) is 1.41. The summed E-state index contributed by atoms with van der Waals surface area (Å²) in [5.74, 6) is 0. The Labute approximate surface area is 92.0 Å². The zero-order valence-corrected chi connectivity index (χ0v) is 8.89. The summed E-state index contributed by atoms with van der Waals surface area (Å²) in [5, 5.41) is 7.44. The Hall–Kier alpha value is 2.33. The van der Waals surface area contributed by atoms with Crippen molar-refractivity contribution in [2.45, 2.75) is 6.92 Å². The summed E-state index contributed by atoms with van der Waals surface area (Å²) in [4.78, 5) is 0. The van der Waals surface area contributed by atoms with E-state index in [4.69, 9.17) is 5.11 Å². The standard InChI is InChI=1S/C2H5O.HI.K/c1-2-3;;/h2-3H,1H3;1H;/q-1;;+1. The van der Waals surface area contributed by atoms with Gasteiger partial charge in [0.05, 0.1) is 0 Å². The maximum atomic E-state index is 7.44. The van der Waals surface area contributed by atoms with Crippen LogP contribution >= 0.6 is 24.0 Å². The Morgan fingerprint density at radius 3 is 1.60 bits per heavy atom. The van der Waals surface area contributed by atoms with Gasteiger partial charge in [0.2, 0.25) is 0 Å². The van der Waals surface area contributed by atoms with Gasteiger partial charge in [-0.3, -0.25) is 0 Å². The second kappa shape index (κ2) is 16.2. The van der Waals surface area contributed by atoms with Gasteiger partial charge in [-0.15, -0.1) is 24.0 Å². The van der Waals surface area contributed by atoms with Gasteiger partial charge in [0.25, 0.3) is 0 Å². The first-order valence-electron chi connectivity index (χ1n) is 0.836.